The second-order valence-electron chi connectivity index (χ2n) is 3.83. The lowest BCUT2D eigenvalue weighted by Gasteiger charge is -2.03. The molecule has 0 spiro atoms. The van der Waals surface area contributed by atoms with Crippen molar-refractivity contribution < 1.29 is 10.0 Å². The van der Waals surface area contributed by atoms with Gasteiger partial charge in [-0.1, -0.05) is 35.9 Å². The molecule has 1 N–H and O–H groups in total. The molecule has 2 aromatic carbocycles. The van der Waals surface area contributed by atoms with Gasteiger partial charge in [-0.15, -0.1) is 0 Å². The molecule has 0 aromatic heterocycles. The van der Waals surface area contributed by atoms with E-state index in [0.29, 0.717) is 0 Å². The zero-order chi connectivity index (χ0) is 12.4. The monoisotopic (exact) mass is 229 g/mol. The van der Waals surface area contributed by atoms with Gasteiger partial charge in [-0.25, -0.2) is 0 Å². The highest BCUT2D eigenvalue weighted by Crippen LogP contribution is 2.31. The lowest BCUT2D eigenvalue weighted by molar-refractivity contribution is -0.385. The minimum atomic E-state index is -0.590. The molecule has 0 bridgehead atoms. The van der Waals surface area contributed by atoms with Gasteiger partial charge in [0.05, 0.1) is 4.92 Å². The summed E-state index contributed by atoms with van der Waals surface area (Å²) in [4.78, 5) is 10.1. The van der Waals surface area contributed by atoms with Crippen molar-refractivity contribution >= 4 is 5.69 Å². The largest absolute Gasteiger partial charge is 0.502 e. The summed E-state index contributed by atoms with van der Waals surface area (Å²) in [6.45, 7) is 1.98. The summed E-state index contributed by atoms with van der Waals surface area (Å²) in [5, 5.41) is 20.1. The van der Waals surface area contributed by atoms with Crippen LogP contribution in [0.25, 0.3) is 11.1 Å². The molecule has 0 aliphatic carbocycles. The summed E-state index contributed by atoms with van der Waals surface area (Å²) in [6.07, 6.45) is 0. The van der Waals surface area contributed by atoms with Gasteiger partial charge < -0.3 is 5.11 Å². The Balaban J connectivity index is 2.50. The number of phenols is 1. The van der Waals surface area contributed by atoms with Crippen LogP contribution >= 0.6 is 0 Å². The summed E-state index contributed by atoms with van der Waals surface area (Å²) in [7, 11) is 0. The van der Waals surface area contributed by atoms with Crippen LogP contribution in [0.15, 0.2) is 42.5 Å². The molecule has 86 valence electrons. The molecule has 0 heterocycles. The Morgan fingerprint density at radius 3 is 2.24 bits per heavy atom. The van der Waals surface area contributed by atoms with Crippen LogP contribution in [-0.4, -0.2) is 10.0 Å². The number of rotatable bonds is 2. The molecule has 0 aliphatic heterocycles. The summed E-state index contributed by atoms with van der Waals surface area (Å²) in [5.41, 5.74) is 2.46. The van der Waals surface area contributed by atoms with E-state index in [-0.39, 0.29) is 11.4 Å². The van der Waals surface area contributed by atoms with Crippen molar-refractivity contribution in [3.63, 3.8) is 0 Å². The average Bonchev–Trinajstić information content (AvgIpc) is 2.30. The Kier molecular flexibility index (Phi) is 2.78. The third-order valence-electron chi connectivity index (χ3n) is 2.56. The minimum absolute atomic E-state index is 0.275. The summed E-state index contributed by atoms with van der Waals surface area (Å²) < 4.78 is 0. The number of nitro groups is 1. The molecule has 0 unspecified atom stereocenters. The topological polar surface area (TPSA) is 63.4 Å². The van der Waals surface area contributed by atoms with Crippen molar-refractivity contribution in [2.45, 2.75) is 6.92 Å². The predicted octanol–water partition coefficient (Wildman–Crippen LogP) is 3.28. The zero-order valence-corrected chi connectivity index (χ0v) is 9.25. The highest BCUT2D eigenvalue weighted by Gasteiger charge is 2.13. The Morgan fingerprint density at radius 2 is 1.65 bits per heavy atom. The molecule has 17 heavy (non-hydrogen) atoms. The summed E-state index contributed by atoms with van der Waals surface area (Å²) in [5.74, 6) is -0.314. The maximum Gasteiger partial charge on any atom is 0.311 e. The third kappa shape index (κ3) is 2.25. The van der Waals surface area contributed by atoms with Crippen LogP contribution < -0.4 is 0 Å². The van der Waals surface area contributed by atoms with Crippen LogP contribution in [0.3, 0.4) is 0 Å². The number of phenolic OH excluding ortho intramolecular Hbond substituents is 1. The first-order valence-electron chi connectivity index (χ1n) is 5.12. The van der Waals surface area contributed by atoms with Gasteiger partial charge in [0.2, 0.25) is 0 Å². The lowest BCUT2D eigenvalue weighted by atomic mass is 10.0. The second-order valence-corrected chi connectivity index (χ2v) is 3.83. The Morgan fingerprint density at radius 1 is 1.06 bits per heavy atom. The molecule has 4 heteroatoms. The van der Waals surface area contributed by atoms with Crippen molar-refractivity contribution in [3.05, 3.63) is 58.1 Å². The summed E-state index contributed by atoms with van der Waals surface area (Å²) >= 11 is 0. The standard InChI is InChI=1S/C13H11NO3/c1-9-2-4-10(5-3-9)11-6-7-13(15)12(8-11)14(16)17/h2-8,15H,1H3. The van der Waals surface area contributed by atoms with Crippen LogP contribution in [0.1, 0.15) is 5.56 Å². The molecule has 0 saturated heterocycles. The third-order valence-corrected chi connectivity index (χ3v) is 2.56. The van der Waals surface area contributed by atoms with Gasteiger partial charge >= 0.3 is 5.69 Å². The normalized spacial score (nSPS) is 10.2. The fourth-order valence-corrected chi connectivity index (χ4v) is 1.60. The number of aromatic hydroxyl groups is 1. The van der Waals surface area contributed by atoms with E-state index >= 15 is 0 Å². The van der Waals surface area contributed by atoms with E-state index < -0.39 is 4.92 Å². The molecule has 4 nitrogen and oxygen atoms in total. The number of nitrogens with zero attached hydrogens (tertiary/aromatic N) is 1. The fraction of sp³-hybridized carbons (Fsp3) is 0.0769. The predicted molar refractivity (Wildman–Crippen MR) is 64.9 cm³/mol. The van der Waals surface area contributed by atoms with E-state index in [1.807, 2.05) is 31.2 Å². The first-order valence-corrected chi connectivity index (χ1v) is 5.12. The van der Waals surface area contributed by atoms with Crippen LogP contribution in [0.2, 0.25) is 0 Å². The molecule has 0 aliphatic rings. The minimum Gasteiger partial charge on any atom is -0.502 e. The van der Waals surface area contributed by atoms with E-state index in [4.69, 9.17) is 0 Å². The number of benzene rings is 2. The van der Waals surface area contributed by atoms with Crippen LogP contribution in [-0.2, 0) is 0 Å². The van der Waals surface area contributed by atoms with Gasteiger partial charge in [0, 0.05) is 6.07 Å². The Bertz CT molecular complexity index is 561. The van der Waals surface area contributed by atoms with Gasteiger partial charge in [0.15, 0.2) is 5.75 Å². The molecule has 2 aromatic rings. The van der Waals surface area contributed by atoms with E-state index in [2.05, 4.69) is 0 Å². The van der Waals surface area contributed by atoms with Crippen LogP contribution in [0.5, 0.6) is 5.75 Å². The molecule has 0 fully saturated rings. The Hall–Kier alpha value is -2.36. The highest BCUT2D eigenvalue weighted by molar-refractivity contribution is 5.68. The van der Waals surface area contributed by atoms with E-state index in [1.165, 1.54) is 12.1 Å². The second kappa shape index (κ2) is 4.25. The van der Waals surface area contributed by atoms with Gasteiger partial charge in [-0.05, 0) is 24.1 Å². The molecular weight excluding hydrogens is 218 g/mol. The van der Waals surface area contributed by atoms with Crippen molar-refractivity contribution in [3.8, 4) is 16.9 Å². The van der Waals surface area contributed by atoms with E-state index in [1.54, 1.807) is 6.07 Å². The number of hydrogen-bond donors (Lipinski definition) is 1. The number of hydrogen-bond acceptors (Lipinski definition) is 3. The van der Waals surface area contributed by atoms with Gasteiger partial charge in [-0.2, -0.15) is 0 Å². The molecule has 2 rings (SSSR count). The van der Waals surface area contributed by atoms with Gasteiger partial charge in [-0.3, -0.25) is 10.1 Å². The first-order chi connectivity index (χ1) is 8.08. The average molecular weight is 229 g/mol. The molecule has 0 radical (unpaired) electrons. The number of nitro benzene ring substituents is 1. The van der Waals surface area contributed by atoms with E-state index in [0.717, 1.165) is 16.7 Å². The first kappa shape index (κ1) is 11.1. The maximum atomic E-state index is 10.7. The van der Waals surface area contributed by atoms with Crippen LogP contribution in [0.4, 0.5) is 5.69 Å². The molecular formula is C13H11NO3. The quantitative estimate of drug-likeness (QED) is 0.634. The maximum absolute atomic E-state index is 10.7. The van der Waals surface area contributed by atoms with Crippen LogP contribution in [0, 0.1) is 17.0 Å². The Labute approximate surface area is 98.3 Å². The van der Waals surface area contributed by atoms with Gasteiger partial charge in [0.1, 0.15) is 0 Å². The lowest BCUT2D eigenvalue weighted by Crippen LogP contribution is -1.89. The van der Waals surface area contributed by atoms with Crippen molar-refractivity contribution in [2.24, 2.45) is 0 Å². The molecule has 0 saturated carbocycles. The summed E-state index contributed by atoms with van der Waals surface area (Å²) in [6, 6.07) is 12.0. The van der Waals surface area contributed by atoms with Crippen molar-refractivity contribution in [2.75, 3.05) is 0 Å². The highest BCUT2D eigenvalue weighted by atomic mass is 16.6. The van der Waals surface area contributed by atoms with E-state index in [9.17, 15) is 15.2 Å². The van der Waals surface area contributed by atoms with Crippen molar-refractivity contribution in [1.82, 2.24) is 0 Å². The fourth-order valence-electron chi connectivity index (χ4n) is 1.60. The van der Waals surface area contributed by atoms with Gasteiger partial charge in [0.25, 0.3) is 0 Å². The zero-order valence-electron chi connectivity index (χ0n) is 9.25. The SMILES string of the molecule is Cc1ccc(-c2ccc(O)c([N+](=O)[O-])c2)cc1. The molecule has 0 atom stereocenters. The molecule has 0 amide bonds. The van der Waals surface area contributed by atoms with Crippen molar-refractivity contribution in [1.29, 1.82) is 0 Å². The smallest absolute Gasteiger partial charge is 0.311 e. The number of aryl methyl sites for hydroxylation is 1.